The summed E-state index contributed by atoms with van der Waals surface area (Å²) in [6.07, 6.45) is 1.64. The highest BCUT2D eigenvalue weighted by atomic mass is 32.1. The van der Waals surface area contributed by atoms with E-state index in [1.165, 1.54) is 7.11 Å². The number of nitrogens with two attached hydrogens (primary N) is 1. The zero-order chi connectivity index (χ0) is 13.7. The van der Waals surface area contributed by atoms with E-state index in [0.29, 0.717) is 11.5 Å². The standard InChI is InChI=1S/C12H17N3O2S/c1-8(12(16)17-3)7-15(2)10-6-9(11(13)18)4-5-14-10/h4-6,8H,7H2,1-3H3,(H2,13,18). The number of esters is 1. The molecule has 18 heavy (non-hydrogen) atoms. The van der Waals surface area contributed by atoms with Crippen molar-refractivity contribution in [2.24, 2.45) is 11.7 Å². The number of aromatic nitrogens is 1. The lowest BCUT2D eigenvalue weighted by Crippen LogP contribution is -2.30. The van der Waals surface area contributed by atoms with Gasteiger partial charge in [0.1, 0.15) is 10.8 Å². The summed E-state index contributed by atoms with van der Waals surface area (Å²) in [7, 11) is 3.23. The van der Waals surface area contributed by atoms with Crippen LogP contribution in [0.1, 0.15) is 12.5 Å². The van der Waals surface area contributed by atoms with Crippen molar-refractivity contribution in [3.63, 3.8) is 0 Å². The van der Waals surface area contributed by atoms with E-state index in [2.05, 4.69) is 9.72 Å². The second kappa shape index (κ2) is 6.30. The summed E-state index contributed by atoms with van der Waals surface area (Å²) >= 11 is 4.91. The fraction of sp³-hybridized carbons (Fsp3) is 0.417. The van der Waals surface area contributed by atoms with Gasteiger partial charge in [0.05, 0.1) is 13.0 Å². The van der Waals surface area contributed by atoms with Gasteiger partial charge < -0.3 is 15.4 Å². The molecule has 0 spiro atoms. The van der Waals surface area contributed by atoms with E-state index in [4.69, 9.17) is 18.0 Å². The molecule has 1 unspecified atom stereocenters. The Morgan fingerprint density at radius 1 is 1.67 bits per heavy atom. The summed E-state index contributed by atoms with van der Waals surface area (Å²) in [6, 6.07) is 3.55. The Balaban J connectivity index is 2.78. The number of ether oxygens (including phenoxy) is 1. The number of methoxy groups -OCH3 is 1. The van der Waals surface area contributed by atoms with E-state index in [0.717, 1.165) is 11.4 Å². The van der Waals surface area contributed by atoms with E-state index in [1.54, 1.807) is 25.3 Å². The first-order valence-corrected chi connectivity index (χ1v) is 5.91. The number of rotatable bonds is 5. The Kier molecular flexibility index (Phi) is 5.03. The van der Waals surface area contributed by atoms with Gasteiger partial charge in [-0.1, -0.05) is 19.1 Å². The summed E-state index contributed by atoms with van der Waals surface area (Å²) in [4.78, 5) is 17.8. The van der Waals surface area contributed by atoms with E-state index < -0.39 is 0 Å². The lowest BCUT2D eigenvalue weighted by Gasteiger charge is -2.21. The Morgan fingerprint density at radius 3 is 2.89 bits per heavy atom. The summed E-state index contributed by atoms with van der Waals surface area (Å²) in [5.41, 5.74) is 6.32. The SMILES string of the molecule is COC(=O)C(C)CN(C)c1cc(C(N)=S)ccn1. The van der Waals surface area contributed by atoms with Crippen molar-refractivity contribution in [2.75, 3.05) is 25.6 Å². The number of hydrogen-bond donors (Lipinski definition) is 1. The normalized spacial score (nSPS) is 11.7. The van der Waals surface area contributed by atoms with Gasteiger partial charge in [-0.2, -0.15) is 0 Å². The van der Waals surface area contributed by atoms with Crippen molar-refractivity contribution in [3.8, 4) is 0 Å². The third kappa shape index (κ3) is 3.66. The van der Waals surface area contributed by atoms with Gasteiger partial charge in [-0.15, -0.1) is 0 Å². The predicted octanol–water partition coefficient (Wildman–Crippen LogP) is 0.961. The number of anilines is 1. The first-order valence-electron chi connectivity index (χ1n) is 5.50. The monoisotopic (exact) mass is 267 g/mol. The van der Waals surface area contributed by atoms with Gasteiger partial charge in [-0.25, -0.2) is 4.98 Å². The van der Waals surface area contributed by atoms with Crippen LogP contribution < -0.4 is 10.6 Å². The maximum atomic E-state index is 11.3. The lowest BCUT2D eigenvalue weighted by atomic mass is 10.1. The minimum absolute atomic E-state index is 0.227. The van der Waals surface area contributed by atoms with Crippen LogP contribution in [-0.2, 0) is 9.53 Å². The first kappa shape index (κ1) is 14.4. The van der Waals surface area contributed by atoms with Crippen LogP contribution in [0.5, 0.6) is 0 Å². The molecule has 0 amide bonds. The minimum atomic E-state index is -0.243. The van der Waals surface area contributed by atoms with Crippen molar-refractivity contribution in [1.82, 2.24) is 4.98 Å². The van der Waals surface area contributed by atoms with Gasteiger partial charge in [0.25, 0.3) is 0 Å². The van der Waals surface area contributed by atoms with Gasteiger partial charge >= 0.3 is 5.97 Å². The van der Waals surface area contributed by atoms with Crippen LogP contribution in [-0.4, -0.2) is 36.6 Å². The molecule has 1 aromatic rings. The molecule has 5 nitrogen and oxygen atoms in total. The first-order chi connectivity index (χ1) is 8.45. The van der Waals surface area contributed by atoms with Crippen LogP contribution >= 0.6 is 12.2 Å². The molecule has 1 rings (SSSR count). The summed E-state index contributed by atoms with van der Waals surface area (Å²) in [6.45, 7) is 2.32. The molecule has 0 saturated heterocycles. The summed E-state index contributed by atoms with van der Waals surface area (Å²) < 4.78 is 4.68. The third-order valence-electron chi connectivity index (χ3n) is 2.57. The van der Waals surface area contributed by atoms with Gasteiger partial charge in [0.15, 0.2) is 0 Å². The number of pyridine rings is 1. The molecule has 2 N–H and O–H groups in total. The summed E-state index contributed by atoms with van der Waals surface area (Å²) in [5, 5.41) is 0. The van der Waals surface area contributed by atoms with Crippen LogP contribution in [0.4, 0.5) is 5.82 Å². The molecular formula is C12H17N3O2S. The number of nitrogens with zero attached hydrogens (tertiary/aromatic N) is 2. The van der Waals surface area contributed by atoms with Crippen molar-refractivity contribution in [1.29, 1.82) is 0 Å². The second-order valence-corrected chi connectivity index (χ2v) is 4.51. The van der Waals surface area contributed by atoms with Gasteiger partial charge in [0, 0.05) is 25.4 Å². The molecule has 6 heteroatoms. The average molecular weight is 267 g/mol. The Morgan fingerprint density at radius 2 is 2.33 bits per heavy atom. The zero-order valence-electron chi connectivity index (χ0n) is 10.7. The number of hydrogen-bond acceptors (Lipinski definition) is 5. The smallest absolute Gasteiger partial charge is 0.310 e. The molecule has 1 aromatic heterocycles. The third-order valence-corrected chi connectivity index (χ3v) is 2.81. The molecule has 0 saturated carbocycles. The number of carbonyl (C=O) groups is 1. The van der Waals surface area contributed by atoms with Crippen LogP contribution in [0.25, 0.3) is 0 Å². The maximum Gasteiger partial charge on any atom is 0.310 e. The van der Waals surface area contributed by atoms with Crippen molar-refractivity contribution in [2.45, 2.75) is 6.92 Å². The molecular weight excluding hydrogens is 250 g/mol. The number of thiocarbonyl (C=S) groups is 1. The van der Waals surface area contributed by atoms with Crippen LogP contribution in [0, 0.1) is 5.92 Å². The Hall–Kier alpha value is -1.69. The molecule has 0 aliphatic carbocycles. The molecule has 0 bridgehead atoms. The predicted molar refractivity (Wildman–Crippen MR) is 74.6 cm³/mol. The average Bonchev–Trinajstić information content (AvgIpc) is 2.37. The minimum Gasteiger partial charge on any atom is -0.469 e. The number of carbonyl (C=O) groups excluding carboxylic acids is 1. The molecule has 0 fully saturated rings. The Labute approximate surface area is 112 Å². The zero-order valence-corrected chi connectivity index (χ0v) is 11.5. The second-order valence-electron chi connectivity index (χ2n) is 4.07. The van der Waals surface area contributed by atoms with Crippen molar-refractivity contribution >= 4 is 29.0 Å². The molecule has 1 atom stereocenters. The van der Waals surface area contributed by atoms with Crippen molar-refractivity contribution in [3.05, 3.63) is 23.9 Å². The fourth-order valence-corrected chi connectivity index (χ4v) is 1.69. The van der Waals surface area contributed by atoms with Gasteiger partial charge in [-0.3, -0.25) is 4.79 Å². The molecule has 0 aliphatic heterocycles. The maximum absolute atomic E-state index is 11.3. The topological polar surface area (TPSA) is 68.5 Å². The largest absolute Gasteiger partial charge is 0.469 e. The van der Waals surface area contributed by atoms with Crippen molar-refractivity contribution < 1.29 is 9.53 Å². The van der Waals surface area contributed by atoms with Gasteiger partial charge in [0.2, 0.25) is 0 Å². The fourth-order valence-electron chi connectivity index (χ4n) is 1.56. The highest BCUT2D eigenvalue weighted by molar-refractivity contribution is 7.80. The van der Waals surface area contributed by atoms with Crippen LogP contribution in [0.3, 0.4) is 0 Å². The highest BCUT2D eigenvalue weighted by Gasteiger charge is 2.16. The molecule has 0 aliphatic rings. The van der Waals surface area contributed by atoms with Crippen LogP contribution in [0.2, 0.25) is 0 Å². The van der Waals surface area contributed by atoms with E-state index in [-0.39, 0.29) is 11.9 Å². The molecule has 0 radical (unpaired) electrons. The van der Waals surface area contributed by atoms with Crippen LogP contribution in [0.15, 0.2) is 18.3 Å². The molecule has 1 heterocycles. The van der Waals surface area contributed by atoms with E-state index in [1.807, 2.05) is 11.9 Å². The molecule has 0 aromatic carbocycles. The van der Waals surface area contributed by atoms with Gasteiger partial charge in [-0.05, 0) is 12.1 Å². The Bertz CT molecular complexity index is 451. The quantitative estimate of drug-likeness (QED) is 0.633. The van der Waals surface area contributed by atoms with E-state index >= 15 is 0 Å². The lowest BCUT2D eigenvalue weighted by molar-refractivity contribution is -0.144. The highest BCUT2D eigenvalue weighted by Crippen LogP contribution is 2.13. The molecule has 98 valence electrons. The summed E-state index contributed by atoms with van der Waals surface area (Å²) in [5.74, 6) is 0.249. The van der Waals surface area contributed by atoms with E-state index in [9.17, 15) is 4.79 Å².